The van der Waals surface area contributed by atoms with Crippen LogP contribution >= 0.6 is 0 Å². The molecule has 1 aromatic rings. The van der Waals surface area contributed by atoms with Gasteiger partial charge in [0.2, 0.25) is 0 Å². The minimum atomic E-state index is -0.207. The molecule has 0 aromatic heterocycles. The lowest BCUT2D eigenvalue weighted by atomic mass is 9.98. The molecule has 1 saturated heterocycles. The van der Waals surface area contributed by atoms with Gasteiger partial charge in [0.15, 0.2) is 0 Å². The molecule has 110 valence electrons. The number of hydrogen-bond donors (Lipinski definition) is 1. The van der Waals surface area contributed by atoms with Gasteiger partial charge in [0.25, 0.3) is 0 Å². The third-order valence-electron chi connectivity index (χ3n) is 3.91. The van der Waals surface area contributed by atoms with E-state index < -0.39 is 0 Å². The summed E-state index contributed by atoms with van der Waals surface area (Å²) < 4.78 is 5.35. The van der Waals surface area contributed by atoms with Crippen LogP contribution in [0.3, 0.4) is 0 Å². The van der Waals surface area contributed by atoms with Crippen molar-refractivity contribution in [2.24, 2.45) is 11.7 Å². The highest BCUT2D eigenvalue weighted by Crippen LogP contribution is 2.22. The van der Waals surface area contributed by atoms with Crippen LogP contribution in [-0.4, -0.2) is 30.1 Å². The summed E-state index contributed by atoms with van der Waals surface area (Å²) in [6, 6.07) is 10.0. The molecule has 2 N–H and O–H groups in total. The third kappa shape index (κ3) is 4.23. The van der Waals surface area contributed by atoms with Crippen molar-refractivity contribution in [2.75, 3.05) is 13.1 Å². The summed E-state index contributed by atoms with van der Waals surface area (Å²) in [4.78, 5) is 13.8. The zero-order valence-corrected chi connectivity index (χ0v) is 12.1. The highest BCUT2D eigenvalue weighted by Gasteiger charge is 2.28. The number of ether oxygens (including phenoxy) is 1. The van der Waals surface area contributed by atoms with Gasteiger partial charge in [-0.3, -0.25) is 0 Å². The average molecular weight is 276 g/mol. The molecule has 2 atom stereocenters. The molecule has 2 unspecified atom stereocenters. The molecule has 0 radical (unpaired) electrons. The number of likely N-dealkylation sites (tertiary alicyclic amines) is 1. The van der Waals surface area contributed by atoms with E-state index in [9.17, 15) is 4.79 Å². The first-order valence-electron chi connectivity index (χ1n) is 7.40. The maximum atomic E-state index is 12.0. The van der Waals surface area contributed by atoms with Gasteiger partial charge in [0, 0.05) is 19.1 Å². The molecule has 2 rings (SSSR count). The van der Waals surface area contributed by atoms with E-state index in [1.54, 1.807) is 4.90 Å². The highest BCUT2D eigenvalue weighted by molar-refractivity contribution is 5.68. The molecule has 0 spiro atoms. The van der Waals surface area contributed by atoms with E-state index in [2.05, 4.69) is 6.92 Å². The maximum Gasteiger partial charge on any atom is 0.410 e. The molecule has 1 aliphatic heterocycles. The molecule has 4 nitrogen and oxygen atoms in total. The summed E-state index contributed by atoms with van der Waals surface area (Å²) in [5.74, 6) is 0.522. The second-order valence-electron chi connectivity index (χ2n) is 5.54. The Hall–Kier alpha value is -1.55. The summed E-state index contributed by atoms with van der Waals surface area (Å²) >= 11 is 0. The minimum absolute atomic E-state index is 0.207. The second kappa shape index (κ2) is 7.29. The van der Waals surface area contributed by atoms with Crippen molar-refractivity contribution in [1.82, 2.24) is 4.90 Å². The first kappa shape index (κ1) is 14.9. The van der Waals surface area contributed by atoms with Crippen molar-refractivity contribution in [1.29, 1.82) is 0 Å². The number of amides is 1. The van der Waals surface area contributed by atoms with Crippen molar-refractivity contribution in [3.05, 3.63) is 35.9 Å². The third-order valence-corrected chi connectivity index (χ3v) is 3.91. The first-order valence-corrected chi connectivity index (χ1v) is 7.40. The summed E-state index contributed by atoms with van der Waals surface area (Å²) in [6.45, 7) is 4.01. The fourth-order valence-electron chi connectivity index (χ4n) is 2.60. The van der Waals surface area contributed by atoms with E-state index in [-0.39, 0.29) is 12.1 Å². The molecule has 1 aliphatic rings. The van der Waals surface area contributed by atoms with Gasteiger partial charge >= 0.3 is 6.09 Å². The van der Waals surface area contributed by atoms with Crippen molar-refractivity contribution >= 4 is 6.09 Å². The molecule has 1 amide bonds. The van der Waals surface area contributed by atoms with Gasteiger partial charge in [-0.05, 0) is 30.7 Å². The monoisotopic (exact) mass is 276 g/mol. The Morgan fingerprint density at radius 2 is 2.20 bits per heavy atom. The number of carbonyl (C=O) groups is 1. The van der Waals surface area contributed by atoms with E-state index in [1.165, 1.54) is 0 Å². The first-order chi connectivity index (χ1) is 9.69. The molecule has 1 heterocycles. The van der Waals surface area contributed by atoms with Gasteiger partial charge in [-0.25, -0.2) is 4.79 Å². The largest absolute Gasteiger partial charge is 0.445 e. The van der Waals surface area contributed by atoms with Crippen molar-refractivity contribution in [2.45, 2.75) is 38.8 Å². The summed E-state index contributed by atoms with van der Waals surface area (Å²) in [6.07, 6.45) is 2.82. The lowest BCUT2D eigenvalue weighted by Crippen LogP contribution is -2.30. The molecule has 1 aromatic carbocycles. The van der Waals surface area contributed by atoms with E-state index in [1.807, 2.05) is 30.3 Å². The predicted molar refractivity (Wildman–Crippen MR) is 79.2 cm³/mol. The van der Waals surface area contributed by atoms with E-state index in [0.717, 1.165) is 37.9 Å². The van der Waals surface area contributed by atoms with Crippen LogP contribution in [0.25, 0.3) is 0 Å². The minimum Gasteiger partial charge on any atom is -0.445 e. The molecule has 0 aliphatic carbocycles. The number of rotatable bonds is 5. The smallest absolute Gasteiger partial charge is 0.410 e. The Labute approximate surface area is 120 Å². The Bertz CT molecular complexity index is 422. The van der Waals surface area contributed by atoms with Crippen LogP contribution in [0, 0.1) is 5.92 Å². The number of carbonyl (C=O) groups excluding carboxylic acids is 1. The standard InChI is InChI=1S/C16H24N2O2/c1-2-15(17)10-14-8-9-18(11-14)16(19)20-12-13-6-4-3-5-7-13/h3-7,14-15H,2,8-12,17H2,1H3. The SMILES string of the molecule is CCC(N)CC1CCN(C(=O)OCc2ccccc2)C1. The fraction of sp³-hybridized carbons (Fsp3) is 0.562. The van der Waals surface area contributed by atoms with Gasteiger partial charge in [-0.1, -0.05) is 37.3 Å². The van der Waals surface area contributed by atoms with Gasteiger partial charge in [0.1, 0.15) is 6.61 Å². The van der Waals surface area contributed by atoms with E-state index in [4.69, 9.17) is 10.5 Å². The molecule has 0 bridgehead atoms. The van der Waals surface area contributed by atoms with Crippen molar-refractivity contribution in [3.8, 4) is 0 Å². The van der Waals surface area contributed by atoms with Gasteiger partial charge in [-0.15, -0.1) is 0 Å². The fourth-order valence-corrected chi connectivity index (χ4v) is 2.60. The highest BCUT2D eigenvalue weighted by atomic mass is 16.6. The molecule has 20 heavy (non-hydrogen) atoms. The Morgan fingerprint density at radius 3 is 2.90 bits per heavy atom. The summed E-state index contributed by atoms with van der Waals surface area (Å²) in [5, 5.41) is 0. The lowest BCUT2D eigenvalue weighted by Gasteiger charge is -2.18. The van der Waals surface area contributed by atoms with Crippen LogP contribution < -0.4 is 5.73 Å². The number of nitrogens with zero attached hydrogens (tertiary/aromatic N) is 1. The molecule has 0 saturated carbocycles. The van der Waals surface area contributed by atoms with E-state index in [0.29, 0.717) is 12.5 Å². The number of nitrogens with two attached hydrogens (primary N) is 1. The summed E-state index contributed by atoms with van der Waals surface area (Å²) in [5.41, 5.74) is 6.99. The molecular weight excluding hydrogens is 252 g/mol. The average Bonchev–Trinajstić information content (AvgIpc) is 2.94. The second-order valence-corrected chi connectivity index (χ2v) is 5.54. The van der Waals surface area contributed by atoms with Crippen LogP contribution in [0.5, 0.6) is 0 Å². The van der Waals surface area contributed by atoms with Crippen LogP contribution in [0.2, 0.25) is 0 Å². The Kier molecular flexibility index (Phi) is 5.41. The van der Waals surface area contributed by atoms with Gasteiger partial charge in [-0.2, -0.15) is 0 Å². The zero-order valence-electron chi connectivity index (χ0n) is 12.1. The Balaban J connectivity index is 1.74. The van der Waals surface area contributed by atoms with Crippen LogP contribution in [0.4, 0.5) is 4.79 Å². The topological polar surface area (TPSA) is 55.6 Å². The Morgan fingerprint density at radius 1 is 1.45 bits per heavy atom. The van der Waals surface area contributed by atoms with Crippen LogP contribution in [-0.2, 0) is 11.3 Å². The van der Waals surface area contributed by atoms with E-state index >= 15 is 0 Å². The molecule has 1 fully saturated rings. The van der Waals surface area contributed by atoms with Crippen molar-refractivity contribution in [3.63, 3.8) is 0 Å². The molecular formula is C16H24N2O2. The van der Waals surface area contributed by atoms with Gasteiger partial charge < -0.3 is 15.4 Å². The van der Waals surface area contributed by atoms with Gasteiger partial charge in [0.05, 0.1) is 0 Å². The zero-order chi connectivity index (χ0) is 14.4. The van der Waals surface area contributed by atoms with Crippen LogP contribution in [0.1, 0.15) is 31.7 Å². The quantitative estimate of drug-likeness (QED) is 0.899. The predicted octanol–water partition coefficient (Wildman–Crippen LogP) is 2.77. The number of benzene rings is 1. The normalized spacial score (nSPS) is 19.9. The summed E-state index contributed by atoms with van der Waals surface area (Å²) in [7, 11) is 0. The maximum absolute atomic E-state index is 12.0. The van der Waals surface area contributed by atoms with Crippen molar-refractivity contribution < 1.29 is 9.53 Å². The molecule has 4 heteroatoms. The van der Waals surface area contributed by atoms with Crippen LogP contribution in [0.15, 0.2) is 30.3 Å². The number of hydrogen-bond acceptors (Lipinski definition) is 3. The lowest BCUT2D eigenvalue weighted by molar-refractivity contribution is 0.103.